The molecule has 5 rings (SSSR count). The van der Waals surface area contributed by atoms with Gasteiger partial charge in [-0.05, 0) is 67.8 Å². The third kappa shape index (κ3) is 6.92. The molecule has 0 saturated heterocycles. The number of carboxylic acid groups (broad SMARTS) is 1. The fraction of sp³-hybridized carbons (Fsp3) is 0.250. The van der Waals surface area contributed by atoms with Gasteiger partial charge in [0.1, 0.15) is 5.69 Å². The van der Waals surface area contributed by atoms with Crippen molar-refractivity contribution in [3.8, 4) is 5.69 Å². The molecule has 0 spiro atoms. The van der Waals surface area contributed by atoms with Crippen molar-refractivity contribution < 1.29 is 19.5 Å². The van der Waals surface area contributed by atoms with Gasteiger partial charge in [0.15, 0.2) is 0 Å². The molecule has 0 bridgehead atoms. The van der Waals surface area contributed by atoms with Gasteiger partial charge in [-0.3, -0.25) is 24.3 Å². The topological polar surface area (TPSA) is 159 Å². The number of rotatable bonds is 9. The fourth-order valence-corrected chi connectivity index (χ4v) is 5.09. The summed E-state index contributed by atoms with van der Waals surface area (Å²) in [6.45, 7) is 5.00. The van der Waals surface area contributed by atoms with Gasteiger partial charge < -0.3 is 20.6 Å². The van der Waals surface area contributed by atoms with Crippen LogP contribution in [-0.2, 0) is 17.8 Å². The number of urea groups is 1. The van der Waals surface area contributed by atoms with Crippen LogP contribution < -0.4 is 26.4 Å². The molecule has 1 aliphatic heterocycles. The van der Waals surface area contributed by atoms with Crippen molar-refractivity contribution in [3.05, 3.63) is 105 Å². The maximum atomic E-state index is 13.7. The number of carboxylic acids is 1. The minimum Gasteiger partial charge on any atom is -0.481 e. The van der Waals surface area contributed by atoms with Crippen LogP contribution in [0.3, 0.4) is 0 Å². The second-order valence-corrected chi connectivity index (χ2v) is 10.6. The normalized spacial score (nSPS) is 12.3. The number of carbonyl (C=O) groups is 3. The molecule has 4 aromatic rings. The number of anilines is 3. The highest BCUT2D eigenvalue weighted by Gasteiger charge is 2.23. The van der Waals surface area contributed by atoms with E-state index < -0.39 is 12.0 Å². The number of hydrogen-bond acceptors (Lipinski definition) is 7. The number of nitrogens with one attached hydrogen (secondary N) is 3. The van der Waals surface area contributed by atoms with E-state index in [2.05, 4.69) is 25.9 Å². The van der Waals surface area contributed by atoms with Crippen molar-refractivity contribution in [1.82, 2.24) is 19.9 Å². The Bertz CT molecular complexity index is 1770. The SMILES string of the molecule is Cc1ccccc1C(=O)Nc1ccc(-n2ccc(C)c(N3CCc4nc(NC(=O)NCCCC(=O)O)ncc4C3)c2=O)cc1. The largest absolute Gasteiger partial charge is 0.481 e. The predicted molar refractivity (Wildman–Crippen MR) is 167 cm³/mol. The first-order valence-electron chi connectivity index (χ1n) is 14.3. The summed E-state index contributed by atoms with van der Waals surface area (Å²) in [5.41, 5.74) is 5.69. The van der Waals surface area contributed by atoms with E-state index in [9.17, 15) is 19.2 Å². The standard InChI is InChI=1S/C32H33N7O5/c1-20-6-3-4-7-25(20)29(42)35-23-9-11-24(12-10-23)39-17-13-21(2)28(30(39)43)38-16-14-26-22(19-38)18-34-31(36-26)37-32(44)33-15-5-8-27(40)41/h3-4,6-7,9-13,17-18H,5,8,14-16,19H2,1-2H3,(H,35,42)(H,40,41)(H2,33,34,36,37,44). The van der Waals surface area contributed by atoms with Crippen molar-refractivity contribution in [2.45, 2.75) is 39.7 Å². The minimum atomic E-state index is -0.918. The predicted octanol–water partition coefficient (Wildman–Crippen LogP) is 4.05. The second kappa shape index (κ2) is 13.2. The molecule has 2 aromatic heterocycles. The van der Waals surface area contributed by atoms with Gasteiger partial charge in [0, 0.05) is 67.4 Å². The number of aryl methyl sites for hydroxylation is 2. The van der Waals surface area contributed by atoms with E-state index in [0.29, 0.717) is 48.6 Å². The van der Waals surface area contributed by atoms with Crippen LogP contribution >= 0.6 is 0 Å². The molecule has 12 heteroatoms. The molecule has 3 heterocycles. The van der Waals surface area contributed by atoms with Gasteiger partial charge in [0.25, 0.3) is 11.5 Å². The highest BCUT2D eigenvalue weighted by Crippen LogP contribution is 2.25. The number of hydrogen-bond donors (Lipinski definition) is 4. The summed E-state index contributed by atoms with van der Waals surface area (Å²) in [7, 11) is 0. The first-order valence-corrected chi connectivity index (χ1v) is 14.3. The molecule has 3 amide bonds. The summed E-state index contributed by atoms with van der Waals surface area (Å²) >= 11 is 0. The second-order valence-electron chi connectivity index (χ2n) is 10.6. The van der Waals surface area contributed by atoms with E-state index in [1.165, 1.54) is 0 Å². The van der Waals surface area contributed by atoms with Crippen LogP contribution in [0.5, 0.6) is 0 Å². The van der Waals surface area contributed by atoms with E-state index in [0.717, 1.165) is 22.4 Å². The molecule has 12 nitrogen and oxygen atoms in total. The van der Waals surface area contributed by atoms with E-state index in [1.54, 1.807) is 47.3 Å². The summed E-state index contributed by atoms with van der Waals surface area (Å²) in [5, 5.41) is 16.8. The Balaban J connectivity index is 1.26. The fourth-order valence-electron chi connectivity index (χ4n) is 5.09. The summed E-state index contributed by atoms with van der Waals surface area (Å²) in [5.74, 6) is -0.956. The highest BCUT2D eigenvalue weighted by atomic mass is 16.4. The molecule has 0 fully saturated rings. The highest BCUT2D eigenvalue weighted by molar-refractivity contribution is 6.05. The average molecular weight is 596 g/mol. The van der Waals surface area contributed by atoms with E-state index in [-0.39, 0.29) is 30.4 Å². The smallest absolute Gasteiger partial charge is 0.321 e. The summed E-state index contributed by atoms with van der Waals surface area (Å²) in [6, 6.07) is 15.9. The average Bonchev–Trinajstić information content (AvgIpc) is 3.00. The number of benzene rings is 2. The van der Waals surface area contributed by atoms with Gasteiger partial charge >= 0.3 is 12.0 Å². The van der Waals surface area contributed by atoms with Crippen molar-refractivity contribution >= 4 is 35.2 Å². The van der Waals surface area contributed by atoms with Crippen LogP contribution in [0, 0.1) is 13.8 Å². The lowest BCUT2D eigenvalue weighted by Gasteiger charge is -2.31. The van der Waals surface area contributed by atoms with Crippen LogP contribution in [0.4, 0.5) is 22.1 Å². The van der Waals surface area contributed by atoms with Crippen LogP contribution in [-0.4, -0.2) is 50.6 Å². The van der Waals surface area contributed by atoms with E-state index in [4.69, 9.17) is 5.11 Å². The third-order valence-corrected chi connectivity index (χ3v) is 7.39. The van der Waals surface area contributed by atoms with E-state index in [1.807, 2.05) is 43.0 Å². The van der Waals surface area contributed by atoms with Gasteiger partial charge in [-0.25, -0.2) is 14.8 Å². The number of carbonyl (C=O) groups excluding carboxylic acids is 2. The van der Waals surface area contributed by atoms with Crippen LogP contribution in [0.1, 0.15) is 45.6 Å². The Morgan fingerprint density at radius 3 is 2.50 bits per heavy atom. The molecule has 4 N–H and O–H groups in total. The number of aliphatic carboxylic acids is 1. The quantitative estimate of drug-likeness (QED) is 0.211. The Kier molecular flexibility index (Phi) is 8.98. The van der Waals surface area contributed by atoms with Crippen molar-refractivity contribution in [3.63, 3.8) is 0 Å². The Morgan fingerprint density at radius 1 is 0.977 bits per heavy atom. The number of pyridine rings is 1. The molecule has 0 saturated carbocycles. The molecule has 0 atom stereocenters. The number of fused-ring (bicyclic) bond motifs is 1. The molecule has 0 unspecified atom stereocenters. The Morgan fingerprint density at radius 2 is 1.75 bits per heavy atom. The van der Waals surface area contributed by atoms with Crippen molar-refractivity contribution in [2.75, 3.05) is 28.6 Å². The van der Waals surface area contributed by atoms with Gasteiger partial charge in [-0.2, -0.15) is 0 Å². The maximum Gasteiger partial charge on any atom is 0.321 e. The zero-order chi connectivity index (χ0) is 31.2. The lowest BCUT2D eigenvalue weighted by atomic mass is 10.1. The monoisotopic (exact) mass is 595 g/mol. The van der Waals surface area contributed by atoms with Gasteiger partial charge in [-0.1, -0.05) is 18.2 Å². The number of aromatic nitrogens is 3. The number of nitrogens with zero attached hydrogens (tertiary/aromatic N) is 4. The van der Waals surface area contributed by atoms with Crippen molar-refractivity contribution in [1.29, 1.82) is 0 Å². The lowest BCUT2D eigenvalue weighted by molar-refractivity contribution is -0.137. The first kappa shape index (κ1) is 30.0. The van der Waals surface area contributed by atoms with Gasteiger partial charge in [0.2, 0.25) is 5.95 Å². The maximum absolute atomic E-state index is 13.7. The summed E-state index contributed by atoms with van der Waals surface area (Å²) < 4.78 is 1.59. The zero-order valence-corrected chi connectivity index (χ0v) is 24.5. The molecule has 44 heavy (non-hydrogen) atoms. The molecule has 0 radical (unpaired) electrons. The van der Waals surface area contributed by atoms with Crippen LogP contribution in [0.25, 0.3) is 5.69 Å². The van der Waals surface area contributed by atoms with Crippen LogP contribution in [0.2, 0.25) is 0 Å². The molecule has 226 valence electrons. The summed E-state index contributed by atoms with van der Waals surface area (Å²) in [6.07, 6.45) is 4.24. The van der Waals surface area contributed by atoms with E-state index >= 15 is 0 Å². The first-order chi connectivity index (χ1) is 21.2. The lowest BCUT2D eigenvalue weighted by Crippen LogP contribution is -2.37. The van der Waals surface area contributed by atoms with Gasteiger partial charge in [0.05, 0.1) is 5.69 Å². The molecule has 1 aliphatic rings. The molecular formula is C32H33N7O5. The zero-order valence-electron chi connectivity index (χ0n) is 24.5. The Labute approximate surface area is 253 Å². The van der Waals surface area contributed by atoms with Crippen molar-refractivity contribution in [2.24, 2.45) is 0 Å². The number of amides is 3. The third-order valence-electron chi connectivity index (χ3n) is 7.39. The minimum absolute atomic E-state index is 0.0288. The van der Waals surface area contributed by atoms with Crippen LogP contribution in [0.15, 0.2) is 71.8 Å². The molecule has 0 aliphatic carbocycles. The van der Waals surface area contributed by atoms with Gasteiger partial charge in [-0.15, -0.1) is 0 Å². The molecule has 2 aromatic carbocycles. The summed E-state index contributed by atoms with van der Waals surface area (Å²) in [4.78, 5) is 59.9. The Hall–Kier alpha value is -5.52. The molecular weight excluding hydrogens is 562 g/mol.